The van der Waals surface area contributed by atoms with Crippen molar-refractivity contribution in [3.05, 3.63) is 30.6 Å². The zero-order valence-corrected chi connectivity index (χ0v) is 13.5. The maximum Gasteiger partial charge on any atom is 0.498 e. The van der Waals surface area contributed by atoms with E-state index in [0.717, 1.165) is 5.46 Å². The molecule has 1 fully saturated rings. The first-order valence-electron chi connectivity index (χ1n) is 7.24. The van der Waals surface area contributed by atoms with Gasteiger partial charge in [0.2, 0.25) is 5.88 Å². The summed E-state index contributed by atoms with van der Waals surface area (Å²) in [4.78, 5) is 4.36. The number of hydrogen-bond donors (Lipinski definition) is 0. The van der Waals surface area contributed by atoms with E-state index in [0.29, 0.717) is 11.7 Å². The average molecular weight is 301 g/mol. The van der Waals surface area contributed by atoms with Gasteiger partial charge in [-0.25, -0.2) is 4.68 Å². The third-order valence-electron chi connectivity index (χ3n) is 4.28. The van der Waals surface area contributed by atoms with Crippen molar-refractivity contribution in [2.24, 2.45) is 0 Å². The smallest absolute Gasteiger partial charge is 0.481 e. The van der Waals surface area contributed by atoms with Crippen molar-refractivity contribution in [2.45, 2.75) is 38.9 Å². The molecule has 0 spiro atoms. The van der Waals surface area contributed by atoms with E-state index in [1.165, 1.54) is 0 Å². The monoisotopic (exact) mass is 301 g/mol. The summed E-state index contributed by atoms with van der Waals surface area (Å²) < 4.78 is 18.9. The summed E-state index contributed by atoms with van der Waals surface area (Å²) in [6.07, 6.45) is 3.60. The summed E-state index contributed by atoms with van der Waals surface area (Å²) in [7, 11) is 1.16. The molecule has 1 aliphatic heterocycles. The van der Waals surface area contributed by atoms with E-state index in [1.54, 1.807) is 24.1 Å². The van der Waals surface area contributed by atoms with Crippen molar-refractivity contribution in [3.63, 3.8) is 0 Å². The summed E-state index contributed by atoms with van der Waals surface area (Å²) in [6, 6.07) is 5.53. The Morgan fingerprint density at radius 1 is 1.14 bits per heavy atom. The Morgan fingerprint density at radius 3 is 2.45 bits per heavy atom. The predicted molar refractivity (Wildman–Crippen MR) is 83.6 cm³/mol. The lowest BCUT2D eigenvalue weighted by Gasteiger charge is -2.32. The highest BCUT2D eigenvalue weighted by Crippen LogP contribution is 2.36. The van der Waals surface area contributed by atoms with Gasteiger partial charge in [-0.3, -0.25) is 0 Å². The molecule has 22 heavy (non-hydrogen) atoms. The second kappa shape index (κ2) is 5.10. The van der Waals surface area contributed by atoms with Gasteiger partial charge in [-0.2, -0.15) is 10.1 Å². The molecule has 0 radical (unpaired) electrons. The number of pyridine rings is 1. The highest BCUT2D eigenvalue weighted by Gasteiger charge is 2.52. The molecule has 2 aromatic rings. The molecule has 0 amide bonds. The van der Waals surface area contributed by atoms with Gasteiger partial charge in [-0.15, -0.1) is 0 Å². The second-order valence-electron chi connectivity index (χ2n) is 6.34. The molecule has 7 heteroatoms. The number of rotatable bonds is 3. The molecule has 0 N–H and O–H groups in total. The average Bonchev–Trinajstić information content (AvgIpc) is 3.02. The van der Waals surface area contributed by atoms with Crippen LogP contribution in [0.15, 0.2) is 30.6 Å². The van der Waals surface area contributed by atoms with Crippen LogP contribution in [0.25, 0.3) is 5.82 Å². The topological polar surface area (TPSA) is 58.4 Å². The maximum absolute atomic E-state index is 6.02. The molecule has 0 aromatic carbocycles. The number of aromatic nitrogens is 3. The van der Waals surface area contributed by atoms with E-state index in [1.807, 2.05) is 46.0 Å². The van der Waals surface area contributed by atoms with Gasteiger partial charge in [0.05, 0.1) is 18.3 Å². The van der Waals surface area contributed by atoms with Crippen LogP contribution in [0.1, 0.15) is 27.7 Å². The molecular formula is C15H20BN3O3. The van der Waals surface area contributed by atoms with Crippen LogP contribution in [-0.2, 0) is 9.31 Å². The van der Waals surface area contributed by atoms with Gasteiger partial charge < -0.3 is 14.0 Å². The Bertz CT molecular complexity index is 668. The zero-order valence-electron chi connectivity index (χ0n) is 13.5. The van der Waals surface area contributed by atoms with Crippen LogP contribution < -0.4 is 10.2 Å². The van der Waals surface area contributed by atoms with Crippen LogP contribution in [0, 0.1) is 0 Å². The van der Waals surface area contributed by atoms with Crippen molar-refractivity contribution in [3.8, 4) is 11.7 Å². The predicted octanol–water partition coefficient (Wildman–Crippen LogP) is 1.58. The Labute approximate surface area is 130 Å². The molecule has 0 unspecified atom stereocenters. The van der Waals surface area contributed by atoms with Crippen LogP contribution in [-0.4, -0.2) is 40.2 Å². The van der Waals surface area contributed by atoms with E-state index in [4.69, 9.17) is 14.0 Å². The number of methoxy groups -OCH3 is 1. The van der Waals surface area contributed by atoms with E-state index in [-0.39, 0.29) is 11.2 Å². The minimum Gasteiger partial charge on any atom is -0.481 e. The first kappa shape index (κ1) is 15.1. The van der Waals surface area contributed by atoms with E-state index in [9.17, 15) is 0 Å². The van der Waals surface area contributed by atoms with Gasteiger partial charge in [0.15, 0.2) is 5.82 Å². The fourth-order valence-corrected chi connectivity index (χ4v) is 2.21. The maximum atomic E-state index is 6.02. The summed E-state index contributed by atoms with van der Waals surface area (Å²) in [5.41, 5.74) is 0.130. The fourth-order valence-electron chi connectivity index (χ4n) is 2.21. The third kappa shape index (κ3) is 2.50. The lowest BCUT2D eigenvalue weighted by atomic mass is 9.82. The molecule has 116 valence electrons. The van der Waals surface area contributed by atoms with E-state index in [2.05, 4.69) is 10.1 Å². The van der Waals surface area contributed by atoms with Gasteiger partial charge in [0.1, 0.15) is 0 Å². The molecule has 0 bridgehead atoms. The minimum atomic E-state index is -0.427. The SMILES string of the molecule is COc1cccc(-n2cc(B3OC(C)(C)C(C)(C)O3)cn2)n1. The van der Waals surface area contributed by atoms with Crippen LogP contribution >= 0.6 is 0 Å². The van der Waals surface area contributed by atoms with Crippen molar-refractivity contribution in [1.82, 2.24) is 14.8 Å². The first-order valence-corrected chi connectivity index (χ1v) is 7.24. The molecule has 2 aromatic heterocycles. The molecule has 1 saturated heterocycles. The summed E-state index contributed by atoms with van der Waals surface area (Å²) in [6.45, 7) is 8.12. The Morgan fingerprint density at radius 2 is 1.82 bits per heavy atom. The fraction of sp³-hybridized carbons (Fsp3) is 0.467. The largest absolute Gasteiger partial charge is 0.498 e. The molecule has 1 aliphatic rings. The van der Waals surface area contributed by atoms with Gasteiger partial charge in [-0.05, 0) is 33.8 Å². The van der Waals surface area contributed by atoms with Gasteiger partial charge in [0.25, 0.3) is 0 Å². The van der Waals surface area contributed by atoms with Crippen molar-refractivity contribution in [2.75, 3.05) is 7.11 Å². The van der Waals surface area contributed by atoms with Crippen LogP contribution in [0.4, 0.5) is 0 Å². The molecular weight excluding hydrogens is 281 g/mol. The van der Waals surface area contributed by atoms with Crippen LogP contribution in [0.3, 0.4) is 0 Å². The molecule has 3 rings (SSSR count). The molecule has 0 atom stereocenters. The highest BCUT2D eigenvalue weighted by atomic mass is 16.7. The van der Waals surface area contributed by atoms with Gasteiger partial charge >= 0.3 is 7.12 Å². The molecule has 0 aliphatic carbocycles. The highest BCUT2D eigenvalue weighted by molar-refractivity contribution is 6.62. The molecule has 0 saturated carbocycles. The van der Waals surface area contributed by atoms with E-state index >= 15 is 0 Å². The summed E-state index contributed by atoms with van der Waals surface area (Å²) >= 11 is 0. The molecule has 6 nitrogen and oxygen atoms in total. The van der Waals surface area contributed by atoms with Crippen LogP contribution in [0.2, 0.25) is 0 Å². The first-order chi connectivity index (χ1) is 10.3. The van der Waals surface area contributed by atoms with Gasteiger partial charge in [-0.1, -0.05) is 6.07 Å². The lowest BCUT2D eigenvalue weighted by molar-refractivity contribution is 0.00578. The Balaban J connectivity index is 1.86. The molecule has 3 heterocycles. The Kier molecular flexibility index (Phi) is 3.49. The number of hydrogen-bond acceptors (Lipinski definition) is 5. The summed E-state index contributed by atoms with van der Waals surface area (Å²) in [5.74, 6) is 1.23. The quantitative estimate of drug-likeness (QED) is 0.806. The summed E-state index contributed by atoms with van der Waals surface area (Å²) in [5, 5.41) is 4.34. The van der Waals surface area contributed by atoms with Crippen molar-refractivity contribution < 1.29 is 14.0 Å². The van der Waals surface area contributed by atoms with Crippen LogP contribution in [0.5, 0.6) is 5.88 Å². The van der Waals surface area contributed by atoms with Crippen molar-refractivity contribution in [1.29, 1.82) is 0 Å². The lowest BCUT2D eigenvalue weighted by Crippen LogP contribution is -2.41. The van der Waals surface area contributed by atoms with Crippen molar-refractivity contribution >= 4 is 12.6 Å². The van der Waals surface area contributed by atoms with Gasteiger partial charge in [0, 0.05) is 23.9 Å². The normalized spacial score (nSPS) is 19.4. The minimum absolute atomic E-state index is 0.367. The Hall–Kier alpha value is -1.86. The van der Waals surface area contributed by atoms with E-state index < -0.39 is 7.12 Å². The number of nitrogens with zero attached hydrogens (tertiary/aromatic N) is 3. The standard InChI is InChI=1S/C15H20BN3O3/c1-14(2)15(3,4)22-16(21-14)11-9-17-19(10-11)12-7-6-8-13(18-12)20-5/h6-10H,1-5H3. The number of ether oxygens (including phenoxy) is 1. The third-order valence-corrected chi connectivity index (χ3v) is 4.28. The zero-order chi connectivity index (χ0) is 16.0. The second-order valence-corrected chi connectivity index (χ2v) is 6.34.